The van der Waals surface area contributed by atoms with Gasteiger partial charge in [0.1, 0.15) is 0 Å². The number of hydrogen-bond donors (Lipinski definition) is 2. The van der Waals surface area contributed by atoms with Crippen LogP contribution in [0.15, 0.2) is 24.3 Å². The number of hydrogen-bond acceptors (Lipinski definition) is 3. The van der Waals surface area contributed by atoms with Gasteiger partial charge in [-0.15, -0.1) is 0 Å². The first kappa shape index (κ1) is 17.5. The fourth-order valence-electron chi connectivity index (χ4n) is 2.98. The van der Waals surface area contributed by atoms with Crippen LogP contribution in [0.1, 0.15) is 55.7 Å². The van der Waals surface area contributed by atoms with Crippen LogP contribution in [0.5, 0.6) is 0 Å². The number of carboxylic acids is 1. The maximum absolute atomic E-state index is 12.2. The molecule has 1 saturated heterocycles. The Morgan fingerprint density at radius 1 is 1.35 bits per heavy atom. The maximum Gasteiger partial charge on any atom is 0.305 e. The summed E-state index contributed by atoms with van der Waals surface area (Å²) in [5.41, 5.74) is 1.84. The van der Waals surface area contributed by atoms with Gasteiger partial charge >= 0.3 is 5.97 Å². The third-order valence-corrected chi connectivity index (χ3v) is 4.25. The van der Waals surface area contributed by atoms with Gasteiger partial charge in [0, 0.05) is 13.0 Å². The number of aryl methyl sites for hydroxylation is 1. The van der Waals surface area contributed by atoms with Crippen LogP contribution in [-0.2, 0) is 14.3 Å². The van der Waals surface area contributed by atoms with Crippen LogP contribution < -0.4 is 5.32 Å². The van der Waals surface area contributed by atoms with Gasteiger partial charge in [0.2, 0.25) is 5.91 Å². The minimum atomic E-state index is -0.922. The van der Waals surface area contributed by atoms with E-state index < -0.39 is 12.0 Å². The Labute approximate surface area is 137 Å². The predicted octanol–water partition coefficient (Wildman–Crippen LogP) is 2.98. The van der Waals surface area contributed by atoms with Gasteiger partial charge in [0.05, 0.1) is 18.6 Å². The summed E-state index contributed by atoms with van der Waals surface area (Å²) < 4.78 is 5.63. The van der Waals surface area contributed by atoms with Crippen LogP contribution in [0.4, 0.5) is 0 Å². The SMILES string of the molecule is Cc1ccccc1C(CC(=O)O)NC(=O)CCC1CCCCO1. The van der Waals surface area contributed by atoms with Crippen LogP contribution in [0.2, 0.25) is 0 Å². The van der Waals surface area contributed by atoms with Crippen molar-refractivity contribution in [2.45, 2.75) is 57.6 Å². The minimum absolute atomic E-state index is 0.115. The van der Waals surface area contributed by atoms with E-state index in [9.17, 15) is 9.59 Å². The second-order valence-electron chi connectivity index (χ2n) is 6.10. The Hall–Kier alpha value is -1.88. The van der Waals surface area contributed by atoms with Gasteiger partial charge in [-0.3, -0.25) is 9.59 Å². The van der Waals surface area contributed by atoms with E-state index in [1.807, 2.05) is 31.2 Å². The predicted molar refractivity (Wildman–Crippen MR) is 87.1 cm³/mol. The molecule has 5 nitrogen and oxygen atoms in total. The lowest BCUT2D eigenvalue weighted by Gasteiger charge is -2.23. The highest BCUT2D eigenvalue weighted by Gasteiger charge is 2.21. The van der Waals surface area contributed by atoms with Gasteiger partial charge in [-0.05, 0) is 43.7 Å². The number of amides is 1. The topological polar surface area (TPSA) is 75.6 Å². The lowest BCUT2D eigenvalue weighted by molar-refractivity contribution is -0.137. The van der Waals surface area contributed by atoms with Gasteiger partial charge in [-0.1, -0.05) is 24.3 Å². The van der Waals surface area contributed by atoms with E-state index in [1.54, 1.807) is 0 Å². The van der Waals surface area contributed by atoms with E-state index in [-0.39, 0.29) is 18.4 Å². The van der Waals surface area contributed by atoms with Crippen molar-refractivity contribution in [1.29, 1.82) is 0 Å². The van der Waals surface area contributed by atoms with E-state index in [0.29, 0.717) is 12.8 Å². The van der Waals surface area contributed by atoms with Gasteiger partial charge < -0.3 is 15.2 Å². The molecule has 0 saturated carbocycles. The first-order valence-corrected chi connectivity index (χ1v) is 8.24. The summed E-state index contributed by atoms with van der Waals surface area (Å²) in [4.78, 5) is 23.3. The summed E-state index contributed by atoms with van der Waals surface area (Å²) in [7, 11) is 0. The molecule has 1 amide bonds. The summed E-state index contributed by atoms with van der Waals surface area (Å²) in [6.07, 6.45) is 4.35. The van der Waals surface area contributed by atoms with Gasteiger partial charge in [-0.2, -0.15) is 0 Å². The molecule has 0 aliphatic carbocycles. The Bertz CT molecular complexity index is 538. The molecule has 2 unspecified atom stereocenters. The molecule has 1 aliphatic heterocycles. The molecule has 2 atom stereocenters. The Morgan fingerprint density at radius 3 is 2.78 bits per heavy atom. The number of nitrogens with one attached hydrogen (secondary N) is 1. The molecule has 0 aromatic heterocycles. The number of carboxylic acid groups (broad SMARTS) is 1. The standard InChI is InChI=1S/C18H25NO4/c1-13-6-2-3-8-15(13)16(12-18(21)22)19-17(20)10-9-14-7-4-5-11-23-14/h2-3,6,8,14,16H,4-5,7,9-12H2,1H3,(H,19,20)(H,21,22). The highest BCUT2D eigenvalue weighted by Crippen LogP contribution is 2.22. The molecular weight excluding hydrogens is 294 g/mol. The normalized spacial score (nSPS) is 19.1. The molecule has 5 heteroatoms. The number of ether oxygens (including phenoxy) is 1. The average Bonchev–Trinajstić information content (AvgIpc) is 2.53. The molecule has 1 aliphatic rings. The quantitative estimate of drug-likeness (QED) is 0.810. The van der Waals surface area contributed by atoms with E-state index in [2.05, 4.69) is 5.32 Å². The fraction of sp³-hybridized carbons (Fsp3) is 0.556. The van der Waals surface area contributed by atoms with Gasteiger partial charge in [0.15, 0.2) is 0 Å². The molecule has 2 N–H and O–H groups in total. The lowest BCUT2D eigenvalue weighted by Crippen LogP contribution is -2.31. The smallest absolute Gasteiger partial charge is 0.305 e. The third-order valence-electron chi connectivity index (χ3n) is 4.25. The van der Waals surface area contributed by atoms with Crippen molar-refractivity contribution in [2.24, 2.45) is 0 Å². The number of rotatable bonds is 7. The first-order chi connectivity index (χ1) is 11.1. The zero-order valence-corrected chi connectivity index (χ0v) is 13.6. The van der Waals surface area contributed by atoms with Gasteiger partial charge in [0.25, 0.3) is 0 Å². The maximum atomic E-state index is 12.2. The van der Waals surface area contributed by atoms with Crippen molar-refractivity contribution in [2.75, 3.05) is 6.61 Å². The minimum Gasteiger partial charge on any atom is -0.481 e. The molecule has 1 fully saturated rings. The molecule has 1 heterocycles. The van der Waals surface area contributed by atoms with Crippen molar-refractivity contribution in [1.82, 2.24) is 5.32 Å². The fourth-order valence-corrected chi connectivity index (χ4v) is 2.98. The molecule has 1 aromatic carbocycles. The summed E-state index contributed by atoms with van der Waals surface area (Å²) in [6.45, 7) is 2.70. The summed E-state index contributed by atoms with van der Waals surface area (Å²) >= 11 is 0. The van der Waals surface area contributed by atoms with Crippen LogP contribution >= 0.6 is 0 Å². The highest BCUT2D eigenvalue weighted by atomic mass is 16.5. The number of benzene rings is 1. The van der Waals surface area contributed by atoms with E-state index >= 15 is 0 Å². The molecule has 1 aromatic rings. The van der Waals surface area contributed by atoms with Crippen molar-refractivity contribution < 1.29 is 19.4 Å². The molecule has 0 spiro atoms. The lowest BCUT2D eigenvalue weighted by atomic mass is 9.98. The van der Waals surface area contributed by atoms with Crippen LogP contribution in [0, 0.1) is 6.92 Å². The summed E-state index contributed by atoms with van der Waals surface area (Å²) in [6, 6.07) is 7.06. The van der Waals surface area contributed by atoms with Crippen LogP contribution in [0.3, 0.4) is 0 Å². The Kier molecular flexibility index (Phi) is 6.59. The van der Waals surface area contributed by atoms with E-state index in [4.69, 9.17) is 9.84 Å². The largest absolute Gasteiger partial charge is 0.481 e. The molecular formula is C18H25NO4. The number of aliphatic carboxylic acids is 1. The molecule has 126 valence electrons. The third kappa shape index (κ3) is 5.67. The van der Waals surface area contributed by atoms with Crippen molar-refractivity contribution in [3.8, 4) is 0 Å². The van der Waals surface area contributed by atoms with Crippen molar-refractivity contribution in [3.63, 3.8) is 0 Å². The highest BCUT2D eigenvalue weighted by molar-refractivity contribution is 5.77. The second-order valence-corrected chi connectivity index (χ2v) is 6.10. The van der Waals surface area contributed by atoms with E-state index in [0.717, 1.165) is 37.0 Å². The summed E-state index contributed by atoms with van der Waals surface area (Å²) in [5, 5.41) is 12.0. The Balaban J connectivity index is 1.93. The number of carbonyl (C=O) groups is 2. The van der Waals surface area contributed by atoms with Crippen LogP contribution in [0.25, 0.3) is 0 Å². The molecule has 23 heavy (non-hydrogen) atoms. The number of carbonyl (C=O) groups excluding carboxylic acids is 1. The summed E-state index contributed by atoms with van der Waals surface area (Å²) in [5.74, 6) is -1.04. The van der Waals surface area contributed by atoms with Crippen molar-refractivity contribution in [3.05, 3.63) is 35.4 Å². The molecule has 0 radical (unpaired) electrons. The second kappa shape index (κ2) is 8.67. The van der Waals surface area contributed by atoms with Crippen LogP contribution in [-0.4, -0.2) is 29.7 Å². The van der Waals surface area contributed by atoms with Gasteiger partial charge in [-0.25, -0.2) is 0 Å². The molecule has 2 rings (SSSR count). The average molecular weight is 319 g/mol. The first-order valence-electron chi connectivity index (χ1n) is 8.24. The zero-order valence-electron chi connectivity index (χ0n) is 13.6. The van der Waals surface area contributed by atoms with E-state index in [1.165, 1.54) is 0 Å². The molecule has 0 bridgehead atoms. The van der Waals surface area contributed by atoms with Crippen molar-refractivity contribution >= 4 is 11.9 Å². The Morgan fingerprint density at radius 2 is 2.13 bits per heavy atom. The zero-order chi connectivity index (χ0) is 16.7. The monoisotopic (exact) mass is 319 g/mol.